The molecule has 0 amide bonds. The predicted octanol–water partition coefficient (Wildman–Crippen LogP) is 0.266. The summed E-state index contributed by atoms with van der Waals surface area (Å²) in [6.45, 7) is 12.7. The van der Waals surface area contributed by atoms with Gasteiger partial charge in [0, 0.05) is 19.8 Å². The molecule has 0 spiro atoms. The Morgan fingerprint density at radius 1 is 0.818 bits per heavy atom. The van der Waals surface area contributed by atoms with Crippen LogP contribution in [-0.2, 0) is 58.8 Å². The Morgan fingerprint density at radius 2 is 1.39 bits per heavy atom. The first kappa shape index (κ1) is 49.6. The van der Waals surface area contributed by atoms with Crippen LogP contribution in [0.25, 0.3) is 11.0 Å². The average Bonchev–Trinajstić information content (AvgIpc) is 4.04. The Balaban J connectivity index is 1.27. The molecule has 2 aliphatic rings. The molecule has 360 valence electrons. The smallest absolute Gasteiger partial charge is 0.323 e. The number of rotatable bonds is 18. The van der Waals surface area contributed by atoms with E-state index in [4.69, 9.17) is 45.6 Å². The number of nitrogens with two attached hydrogens (primary N) is 3. The summed E-state index contributed by atoms with van der Waals surface area (Å²) in [4.78, 5) is 65.9. The fourth-order valence-electron chi connectivity index (χ4n) is 7.74. The zero-order chi connectivity index (χ0) is 48.4. The molecule has 9 N–H and O–H groups in total. The number of esters is 4. The Bertz CT molecular complexity index is 2420. The molecule has 66 heavy (non-hydrogen) atoms. The van der Waals surface area contributed by atoms with Crippen molar-refractivity contribution in [3.05, 3.63) is 48.3 Å². The van der Waals surface area contributed by atoms with Crippen LogP contribution >= 0.6 is 0 Å². The summed E-state index contributed by atoms with van der Waals surface area (Å²) in [5.41, 5.74) is 16.3. The van der Waals surface area contributed by atoms with Crippen molar-refractivity contribution in [3.8, 4) is 0 Å². The predicted molar refractivity (Wildman–Crippen MR) is 235 cm³/mol. The van der Waals surface area contributed by atoms with Gasteiger partial charge in [-0.3, -0.25) is 24.2 Å². The first-order valence-corrected chi connectivity index (χ1v) is 21.7. The second kappa shape index (κ2) is 19.9. The summed E-state index contributed by atoms with van der Waals surface area (Å²) >= 11 is 0. The third-order valence-electron chi connectivity index (χ3n) is 12.0. The lowest BCUT2D eigenvalue weighted by Crippen LogP contribution is -2.49. The number of nitrogens with zero attached hydrogens (tertiary/aromatic N) is 7. The second-order valence-electron chi connectivity index (χ2n) is 17.8. The number of nitrogen functional groups attached to an aromatic ring is 1. The third kappa shape index (κ3) is 9.53. The fraction of sp³-hybridized carbons (Fsp3) is 0.605. The van der Waals surface area contributed by atoms with E-state index in [1.807, 2.05) is 0 Å². The van der Waals surface area contributed by atoms with Gasteiger partial charge in [0.25, 0.3) is 0 Å². The lowest BCUT2D eigenvalue weighted by atomic mass is 9.91. The van der Waals surface area contributed by atoms with Crippen molar-refractivity contribution in [1.82, 2.24) is 29.2 Å². The van der Waals surface area contributed by atoms with Crippen LogP contribution in [0.3, 0.4) is 0 Å². The van der Waals surface area contributed by atoms with E-state index in [-0.39, 0.29) is 36.5 Å². The van der Waals surface area contributed by atoms with Crippen LogP contribution in [0.4, 0.5) is 11.6 Å². The Kier molecular flexibility index (Phi) is 15.0. The molecule has 2 aliphatic heterocycles. The van der Waals surface area contributed by atoms with Crippen molar-refractivity contribution in [2.45, 2.75) is 115 Å². The first-order valence-electron chi connectivity index (χ1n) is 21.7. The van der Waals surface area contributed by atoms with Gasteiger partial charge in [0.05, 0.1) is 23.2 Å². The van der Waals surface area contributed by atoms with Crippen LogP contribution in [0.15, 0.2) is 41.9 Å². The number of hydrogen-bond donors (Lipinski definition) is 6. The van der Waals surface area contributed by atoms with E-state index in [1.54, 1.807) is 79.7 Å². The van der Waals surface area contributed by atoms with Crippen LogP contribution in [0, 0.1) is 23.7 Å². The van der Waals surface area contributed by atoms with Crippen LogP contribution in [0.2, 0.25) is 0 Å². The molecule has 0 aliphatic carbocycles. The van der Waals surface area contributed by atoms with Gasteiger partial charge >= 0.3 is 23.9 Å². The largest absolute Gasteiger partial charge is 0.462 e. The molecule has 6 rings (SSSR count). The molecule has 0 aromatic carbocycles. The van der Waals surface area contributed by atoms with E-state index in [9.17, 15) is 29.4 Å². The number of aliphatic hydroxyl groups excluding tert-OH is 2. The van der Waals surface area contributed by atoms with Crippen molar-refractivity contribution in [3.63, 3.8) is 0 Å². The van der Waals surface area contributed by atoms with E-state index in [0.29, 0.717) is 22.5 Å². The molecule has 6 heterocycles. The molecule has 4 aromatic rings. The van der Waals surface area contributed by atoms with E-state index >= 15 is 0 Å². The molecule has 2 fully saturated rings. The van der Waals surface area contributed by atoms with Crippen LogP contribution in [-0.4, -0.2) is 145 Å². The Hall–Kier alpha value is -5.85. The summed E-state index contributed by atoms with van der Waals surface area (Å²) < 4.78 is 39.1. The molecule has 11 atom stereocenters. The van der Waals surface area contributed by atoms with Gasteiger partial charge in [0.2, 0.25) is 0 Å². The lowest BCUT2D eigenvalue weighted by Gasteiger charge is -2.32. The summed E-state index contributed by atoms with van der Waals surface area (Å²) in [7, 11) is 1.48. The summed E-state index contributed by atoms with van der Waals surface area (Å²) in [6.07, 6.45) is -4.06. The van der Waals surface area contributed by atoms with Gasteiger partial charge in [-0.1, -0.05) is 48.5 Å². The SMILES string of the molecule is CN=C[C@@]1(c2ccc3c(N)ncnn23)O[C@H](COC(=O)[C@@H](N)C(C)C)[C@@H](OC(=O)C(C)C)[C@H]1OC(=O)C(C)CNc1ncnn2c([C@]3(C)O[C@H](COC(=O)[C@H](N)C(C)C)[C@@H](O)[C@H]3O)ccc12. The normalized spacial score (nSPS) is 26.9. The molecule has 0 bridgehead atoms. The zero-order valence-corrected chi connectivity index (χ0v) is 38.4. The number of anilines is 2. The molecule has 0 radical (unpaired) electrons. The summed E-state index contributed by atoms with van der Waals surface area (Å²) in [5.74, 6) is -4.29. The van der Waals surface area contributed by atoms with E-state index in [0.717, 1.165) is 0 Å². The molecule has 0 saturated carbocycles. The highest BCUT2D eigenvalue weighted by Crippen LogP contribution is 2.44. The average molecular weight is 924 g/mol. The van der Waals surface area contributed by atoms with Gasteiger partial charge < -0.3 is 61.2 Å². The molecule has 4 aromatic heterocycles. The Labute approximate surface area is 380 Å². The highest BCUT2D eigenvalue weighted by atomic mass is 16.7. The van der Waals surface area contributed by atoms with Crippen LogP contribution in [0.5, 0.6) is 0 Å². The molecule has 23 nitrogen and oxygen atoms in total. The fourth-order valence-corrected chi connectivity index (χ4v) is 7.74. The number of ether oxygens (including phenoxy) is 6. The van der Waals surface area contributed by atoms with Crippen molar-refractivity contribution < 1.29 is 57.8 Å². The first-order chi connectivity index (χ1) is 31.2. The molecular weight excluding hydrogens is 863 g/mol. The van der Waals surface area contributed by atoms with E-state index in [1.165, 1.54) is 34.9 Å². The number of carbonyl (C=O) groups excluding carboxylic acids is 4. The number of aliphatic imine (C=N–C) groups is 1. The monoisotopic (exact) mass is 923 g/mol. The van der Waals surface area contributed by atoms with Gasteiger partial charge in [-0.2, -0.15) is 10.2 Å². The summed E-state index contributed by atoms with van der Waals surface area (Å²) in [5, 5.41) is 34.2. The van der Waals surface area contributed by atoms with Gasteiger partial charge in [-0.25, -0.2) is 19.0 Å². The second-order valence-corrected chi connectivity index (χ2v) is 17.8. The highest BCUT2D eigenvalue weighted by molar-refractivity contribution is 5.80. The standard InChI is InChI=1S/C43H61N11O12/c1-20(2)30(44)40(59)61-15-26-32(55)34(56)42(8,65-26)28-12-11-25-37(50-19-52-54(25)28)48-14-23(7)39(58)64-35-33(63-38(57)22(5)6)27(16-62-41(60)31(45)21(3)4)66-43(35,17-47-9)29-13-10-24-36(46)49-18-51-53(24)29/h10-13,17-23,26-27,30-35,55-56H,14-16,44-45H2,1-9H3,(H2,46,49,51)(H,48,50,52)/t23?,26-,27-,30-,31+,32-,33-,34-,35-,42+,43+/m1/s1. The Morgan fingerprint density at radius 3 is 2.00 bits per heavy atom. The number of fused-ring (bicyclic) bond motifs is 2. The maximum absolute atomic E-state index is 14.3. The molecule has 23 heteroatoms. The molecule has 2 saturated heterocycles. The minimum Gasteiger partial charge on any atom is -0.462 e. The number of aromatic nitrogens is 6. The van der Waals surface area contributed by atoms with Gasteiger partial charge in [0.1, 0.15) is 79.0 Å². The number of aliphatic hydroxyl groups is 2. The maximum Gasteiger partial charge on any atom is 0.323 e. The van der Waals surface area contributed by atoms with Crippen molar-refractivity contribution in [2.75, 3.05) is 37.9 Å². The highest BCUT2D eigenvalue weighted by Gasteiger charge is 2.62. The topological polar surface area (TPSA) is 327 Å². The molecule has 1 unspecified atom stereocenters. The minimum absolute atomic E-state index is 0.0437. The quantitative estimate of drug-likeness (QED) is 0.0443. The number of hydrogen-bond acceptors (Lipinski definition) is 21. The van der Waals surface area contributed by atoms with Gasteiger partial charge in [-0.05, 0) is 43.0 Å². The van der Waals surface area contributed by atoms with Crippen molar-refractivity contribution >= 4 is 52.8 Å². The van der Waals surface area contributed by atoms with E-state index in [2.05, 4.69) is 30.5 Å². The zero-order valence-electron chi connectivity index (χ0n) is 38.4. The minimum atomic E-state index is -1.80. The van der Waals surface area contributed by atoms with Crippen LogP contribution < -0.4 is 22.5 Å². The van der Waals surface area contributed by atoms with Crippen molar-refractivity contribution in [2.24, 2.45) is 40.1 Å². The maximum atomic E-state index is 14.3. The van der Waals surface area contributed by atoms with Gasteiger partial charge in [-0.15, -0.1) is 0 Å². The number of nitrogens with one attached hydrogen (secondary N) is 1. The third-order valence-corrected chi connectivity index (χ3v) is 12.0. The van der Waals surface area contributed by atoms with E-state index < -0.39 is 102 Å². The number of carbonyl (C=O) groups is 4. The summed E-state index contributed by atoms with van der Waals surface area (Å²) in [6, 6.07) is 4.77. The van der Waals surface area contributed by atoms with Gasteiger partial charge in [0.15, 0.2) is 29.4 Å². The molecular formula is C43H61N11O12. The van der Waals surface area contributed by atoms with Crippen LogP contribution in [0.1, 0.15) is 66.8 Å². The lowest BCUT2D eigenvalue weighted by molar-refractivity contribution is -0.173. The van der Waals surface area contributed by atoms with Crippen molar-refractivity contribution in [1.29, 1.82) is 0 Å².